The Hall–Kier alpha value is -3.88. The fourth-order valence-electron chi connectivity index (χ4n) is 5.76. The molecule has 0 saturated heterocycles. The van der Waals surface area contributed by atoms with Gasteiger partial charge in [0.2, 0.25) is 5.91 Å². The molecule has 0 bridgehead atoms. The SMILES string of the molecule is Nc1nccn2c(C3CCC(C(=O)NCCCn4ccnc4)CC3)nc(C3Cc4ccccc4N3)c12. The van der Waals surface area contributed by atoms with E-state index in [0.29, 0.717) is 18.3 Å². The highest BCUT2D eigenvalue weighted by Crippen LogP contribution is 2.40. The van der Waals surface area contributed by atoms with Crippen molar-refractivity contribution in [2.24, 2.45) is 5.92 Å². The van der Waals surface area contributed by atoms with E-state index in [1.165, 1.54) is 5.56 Å². The molecule has 6 rings (SSSR count). The molecule has 0 radical (unpaired) electrons. The highest BCUT2D eigenvalue weighted by atomic mass is 16.1. The first-order chi connectivity index (χ1) is 17.7. The van der Waals surface area contributed by atoms with Gasteiger partial charge in [0.15, 0.2) is 0 Å². The third kappa shape index (κ3) is 4.29. The van der Waals surface area contributed by atoms with Gasteiger partial charge in [-0.05, 0) is 43.7 Å². The summed E-state index contributed by atoms with van der Waals surface area (Å²) in [5.41, 5.74) is 10.7. The molecule has 9 nitrogen and oxygen atoms in total. The Morgan fingerprint density at radius 2 is 2.00 bits per heavy atom. The van der Waals surface area contributed by atoms with E-state index in [1.54, 1.807) is 18.7 Å². The van der Waals surface area contributed by atoms with Crippen LogP contribution in [0.4, 0.5) is 11.5 Å². The molecule has 3 aromatic heterocycles. The molecule has 1 saturated carbocycles. The Bertz CT molecular complexity index is 1330. The fraction of sp³-hybridized carbons (Fsp3) is 0.407. The number of anilines is 2. The topological polar surface area (TPSA) is 115 Å². The number of para-hydroxylation sites is 1. The number of hydrogen-bond donors (Lipinski definition) is 3. The Morgan fingerprint density at radius 3 is 2.81 bits per heavy atom. The number of fused-ring (bicyclic) bond motifs is 2. The maximum atomic E-state index is 12.8. The highest BCUT2D eigenvalue weighted by molar-refractivity contribution is 5.78. The summed E-state index contributed by atoms with van der Waals surface area (Å²) in [6.45, 7) is 1.55. The lowest BCUT2D eigenvalue weighted by molar-refractivity contribution is -0.126. The maximum absolute atomic E-state index is 12.8. The van der Waals surface area contributed by atoms with Crippen LogP contribution < -0.4 is 16.4 Å². The molecule has 1 aliphatic heterocycles. The van der Waals surface area contributed by atoms with Gasteiger partial charge >= 0.3 is 0 Å². The third-order valence-electron chi connectivity index (χ3n) is 7.65. The predicted molar refractivity (Wildman–Crippen MR) is 138 cm³/mol. The number of nitrogens with zero attached hydrogens (tertiary/aromatic N) is 5. The smallest absolute Gasteiger partial charge is 0.223 e. The molecule has 1 unspecified atom stereocenters. The minimum atomic E-state index is 0.0675. The average molecular weight is 485 g/mol. The van der Waals surface area contributed by atoms with E-state index in [-0.39, 0.29) is 17.9 Å². The van der Waals surface area contributed by atoms with Gasteiger partial charge in [-0.1, -0.05) is 18.2 Å². The van der Waals surface area contributed by atoms with E-state index in [1.807, 2.05) is 17.0 Å². The molecule has 0 spiro atoms. The number of nitrogens with one attached hydrogen (secondary N) is 2. The first-order valence-corrected chi connectivity index (χ1v) is 12.9. The van der Waals surface area contributed by atoms with Gasteiger partial charge in [-0.2, -0.15) is 0 Å². The van der Waals surface area contributed by atoms with Crippen molar-refractivity contribution in [1.29, 1.82) is 0 Å². The summed E-state index contributed by atoms with van der Waals surface area (Å²) in [5.74, 6) is 2.08. The van der Waals surface area contributed by atoms with Crippen LogP contribution in [0.1, 0.15) is 61.1 Å². The van der Waals surface area contributed by atoms with Gasteiger partial charge in [0.05, 0.1) is 18.1 Å². The number of nitrogens with two attached hydrogens (primary N) is 1. The second-order valence-corrected chi connectivity index (χ2v) is 9.94. The van der Waals surface area contributed by atoms with E-state index >= 15 is 0 Å². The number of hydrogen-bond acceptors (Lipinski definition) is 6. The fourth-order valence-corrected chi connectivity index (χ4v) is 5.76. The van der Waals surface area contributed by atoms with E-state index in [4.69, 9.17) is 10.7 Å². The number of carbonyl (C=O) groups excluding carboxylic acids is 1. The van der Waals surface area contributed by atoms with E-state index in [2.05, 4.69) is 49.3 Å². The largest absolute Gasteiger partial charge is 0.382 e. The van der Waals surface area contributed by atoms with E-state index < -0.39 is 0 Å². The number of benzene rings is 1. The molecule has 1 amide bonds. The quantitative estimate of drug-likeness (QED) is 0.345. The van der Waals surface area contributed by atoms with Gasteiger partial charge in [-0.3, -0.25) is 9.20 Å². The molecule has 9 heteroatoms. The molecular formula is C27H32N8O. The van der Waals surface area contributed by atoms with Crippen molar-refractivity contribution in [1.82, 2.24) is 29.2 Å². The van der Waals surface area contributed by atoms with E-state index in [9.17, 15) is 4.79 Å². The zero-order chi connectivity index (χ0) is 24.5. The Labute approximate surface area is 210 Å². The number of aryl methyl sites for hydroxylation is 1. The van der Waals surface area contributed by atoms with Crippen molar-refractivity contribution in [3.05, 3.63) is 72.5 Å². The molecule has 1 aliphatic carbocycles. The lowest BCUT2D eigenvalue weighted by Gasteiger charge is -2.27. The van der Waals surface area contributed by atoms with Gasteiger partial charge in [0.1, 0.15) is 17.2 Å². The summed E-state index contributed by atoms with van der Waals surface area (Å²) in [5, 5.41) is 6.75. The molecule has 186 valence electrons. The van der Waals surface area contributed by atoms with Crippen molar-refractivity contribution in [3.8, 4) is 0 Å². The lowest BCUT2D eigenvalue weighted by Crippen LogP contribution is -2.34. The van der Waals surface area contributed by atoms with Crippen molar-refractivity contribution < 1.29 is 4.79 Å². The molecule has 1 fully saturated rings. The van der Waals surface area contributed by atoms with Crippen LogP contribution >= 0.6 is 0 Å². The van der Waals surface area contributed by atoms with Crippen molar-refractivity contribution in [3.63, 3.8) is 0 Å². The Kier molecular flexibility index (Phi) is 6.04. The molecular weight excluding hydrogens is 452 g/mol. The van der Waals surface area contributed by atoms with Crippen LogP contribution in [0.3, 0.4) is 0 Å². The lowest BCUT2D eigenvalue weighted by atomic mass is 9.81. The van der Waals surface area contributed by atoms with Gasteiger partial charge in [0, 0.05) is 61.8 Å². The summed E-state index contributed by atoms with van der Waals surface area (Å²) in [6.07, 6.45) is 14.6. The van der Waals surface area contributed by atoms with Crippen LogP contribution in [0.25, 0.3) is 5.52 Å². The Balaban J connectivity index is 1.12. The molecule has 4 heterocycles. The summed E-state index contributed by atoms with van der Waals surface area (Å²) in [6, 6.07) is 8.47. The number of carbonyl (C=O) groups is 1. The van der Waals surface area contributed by atoms with Gasteiger partial charge in [0.25, 0.3) is 0 Å². The molecule has 4 N–H and O–H groups in total. The summed E-state index contributed by atoms with van der Waals surface area (Å²) in [7, 11) is 0. The number of nitrogen functional groups attached to an aromatic ring is 1. The van der Waals surface area contributed by atoms with Crippen molar-refractivity contribution in [2.75, 3.05) is 17.6 Å². The second-order valence-electron chi connectivity index (χ2n) is 9.94. The van der Waals surface area contributed by atoms with Crippen molar-refractivity contribution in [2.45, 2.75) is 57.0 Å². The predicted octanol–water partition coefficient (Wildman–Crippen LogP) is 3.70. The van der Waals surface area contributed by atoms with Crippen LogP contribution in [0.2, 0.25) is 0 Å². The minimum absolute atomic E-state index is 0.0675. The molecule has 2 aliphatic rings. The summed E-state index contributed by atoms with van der Waals surface area (Å²) < 4.78 is 4.16. The van der Waals surface area contributed by atoms with Crippen LogP contribution in [0.5, 0.6) is 0 Å². The van der Waals surface area contributed by atoms with Gasteiger partial charge in [-0.15, -0.1) is 0 Å². The molecule has 1 atom stereocenters. The number of rotatable bonds is 7. The first kappa shape index (κ1) is 22.6. The van der Waals surface area contributed by atoms with Crippen LogP contribution in [-0.4, -0.2) is 36.4 Å². The maximum Gasteiger partial charge on any atom is 0.223 e. The van der Waals surface area contributed by atoms with Gasteiger partial charge in [-0.25, -0.2) is 15.0 Å². The zero-order valence-corrected chi connectivity index (χ0v) is 20.3. The van der Waals surface area contributed by atoms with Crippen LogP contribution in [0.15, 0.2) is 55.4 Å². The number of aromatic nitrogens is 5. The minimum Gasteiger partial charge on any atom is -0.382 e. The highest BCUT2D eigenvalue weighted by Gasteiger charge is 2.33. The number of amides is 1. The Morgan fingerprint density at radius 1 is 1.14 bits per heavy atom. The molecule has 1 aromatic carbocycles. The standard InChI is InChI=1S/C27H32N8O/c28-25-24-23(22-16-20-4-1-2-5-21(20)32-22)33-26(35(24)15-12-30-25)18-6-8-19(9-7-18)27(36)31-10-3-13-34-14-11-29-17-34/h1-2,4-5,11-12,14-15,17-19,22,32H,3,6-10,13,16H2,(H2,28,30)(H,31,36). The number of imidazole rings is 2. The summed E-state index contributed by atoms with van der Waals surface area (Å²) in [4.78, 5) is 26.3. The average Bonchev–Trinajstić information content (AvgIpc) is 3.65. The van der Waals surface area contributed by atoms with Crippen molar-refractivity contribution >= 4 is 22.9 Å². The summed E-state index contributed by atoms with van der Waals surface area (Å²) >= 11 is 0. The first-order valence-electron chi connectivity index (χ1n) is 12.9. The van der Waals surface area contributed by atoms with E-state index in [0.717, 1.165) is 67.8 Å². The zero-order valence-electron chi connectivity index (χ0n) is 20.3. The molecule has 4 aromatic rings. The third-order valence-corrected chi connectivity index (χ3v) is 7.65. The monoisotopic (exact) mass is 484 g/mol. The van der Waals surface area contributed by atoms with Crippen LogP contribution in [0, 0.1) is 5.92 Å². The normalized spacial score (nSPS) is 21.3. The molecule has 36 heavy (non-hydrogen) atoms. The van der Waals surface area contributed by atoms with Gasteiger partial charge < -0.3 is 20.9 Å². The van der Waals surface area contributed by atoms with Crippen LogP contribution in [-0.2, 0) is 17.8 Å². The second kappa shape index (κ2) is 9.64.